The number of carbonyl (C=O) groups excluding carboxylic acids is 1. The molecule has 2 amide bonds. The Hall–Kier alpha value is -1.70. The van der Waals surface area contributed by atoms with E-state index in [-0.39, 0.29) is 18.0 Å². The zero-order valence-electron chi connectivity index (χ0n) is 13.2. The highest BCUT2D eigenvalue weighted by molar-refractivity contribution is 5.87. The van der Waals surface area contributed by atoms with Gasteiger partial charge in [0.25, 0.3) is 5.95 Å². The van der Waals surface area contributed by atoms with E-state index in [0.29, 0.717) is 25.3 Å². The predicted octanol–water partition coefficient (Wildman–Crippen LogP) is 1.82. The minimum atomic E-state index is -0.162. The summed E-state index contributed by atoms with van der Waals surface area (Å²) in [7, 11) is 0. The summed E-state index contributed by atoms with van der Waals surface area (Å²) in [6, 6.07) is -0.0389. The highest BCUT2D eigenvalue weighted by Gasteiger charge is 2.28. The molecule has 1 saturated carbocycles. The molecule has 8 heteroatoms. The van der Waals surface area contributed by atoms with Crippen LogP contribution in [0, 0.1) is 0 Å². The number of ether oxygens (including phenoxy) is 1. The fourth-order valence-corrected chi connectivity index (χ4v) is 2.64. The minimum absolute atomic E-state index is 0.123. The third kappa shape index (κ3) is 3.55. The van der Waals surface area contributed by atoms with Gasteiger partial charge in [0, 0.05) is 13.1 Å². The van der Waals surface area contributed by atoms with Gasteiger partial charge in [-0.3, -0.25) is 5.32 Å². The van der Waals surface area contributed by atoms with E-state index in [4.69, 9.17) is 4.74 Å². The largest absolute Gasteiger partial charge is 0.375 e. The van der Waals surface area contributed by atoms with Gasteiger partial charge in [0.1, 0.15) is 0 Å². The average molecular weight is 308 g/mol. The Morgan fingerprint density at radius 1 is 1.23 bits per heavy atom. The molecule has 1 aliphatic carbocycles. The van der Waals surface area contributed by atoms with Crippen LogP contribution in [-0.2, 0) is 4.74 Å². The van der Waals surface area contributed by atoms with Crippen molar-refractivity contribution in [1.82, 2.24) is 25.1 Å². The number of nitrogens with zero attached hydrogens (tertiary/aromatic N) is 5. The summed E-state index contributed by atoms with van der Waals surface area (Å²) < 4.78 is 6.01. The summed E-state index contributed by atoms with van der Waals surface area (Å²) in [6.45, 7) is 5.34. The van der Waals surface area contributed by atoms with Gasteiger partial charge in [-0.1, -0.05) is 5.10 Å². The molecule has 3 rings (SSSR count). The van der Waals surface area contributed by atoms with Crippen LogP contribution in [0.3, 0.4) is 0 Å². The van der Waals surface area contributed by atoms with Crippen LogP contribution in [0.5, 0.6) is 0 Å². The van der Waals surface area contributed by atoms with E-state index in [1.54, 1.807) is 4.90 Å². The summed E-state index contributed by atoms with van der Waals surface area (Å²) in [5, 5.41) is 14.6. The normalized spacial score (nSPS) is 20.2. The molecule has 0 aromatic carbocycles. The number of nitrogens with one attached hydrogen (secondary N) is 1. The van der Waals surface area contributed by atoms with Crippen LogP contribution in [0.4, 0.5) is 10.7 Å². The second kappa shape index (κ2) is 6.60. The topological polar surface area (TPSA) is 85.2 Å². The van der Waals surface area contributed by atoms with E-state index in [9.17, 15) is 4.79 Å². The molecule has 1 N–H and O–H groups in total. The van der Waals surface area contributed by atoms with Crippen molar-refractivity contribution in [2.24, 2.45) is 0 Å². The number of urea groups is 1. The number of hydrogen-bond donors (Lipinski definition) is 1. The zero-order chi connectivity index (χ0) is 15.5. The first kappa shape index (κ1) is 15.2. The number of tetrazole rings is 1. The standard InChI is InChI=1S/C14H24N6O2/c1-10(2)20-17-13(16-18-20)15-14(21)19-8-6-12(7-9-19)22-11-4-3-5-11/h10-12H,3-9H2,1-2H3,(H,15,17,21). The van der Waals surface area contributed by atoms with E-state index < -0.39 is 0 Å². The van der Waals surface area contributed by atoms with Crippen molar-refractivity contribution >= 4 is 12.0 Å². The Morgan fingerprint density at radius 2 is 1.91 bits per heavy atom. The molecule has 0 bridgehead atoms. The number of rotatable bonds is 4. The molecule has 8 nitrogen and oxygen atoms in total. The Balaban J connectivity index is 1.44. The zero-order valence-corrected chi connectivity index (χ0v) is 13.2. The number of piperidine rings is 1. The summed E-state index contributed by atoms with van der Waals surface area (Å²) in [6.07, 6.45) is 6.23. The van der Waals surface area contributed by atoms with Crippen LogP contribution in [0.1, 0.15) is 52.0 Å². The second-order valence-electron chi connectivity index (χ2n) is 6.33. The summed E-state index contributed by atoms with van der Waals surface area (Å²) in [5.41, 5.74) is 0. The van der Waals surface area contributed by atoms with Crippen LogP contribution in [0.2, 0.25) is 0 Å². The van der Waals surface area contributed by atoms with Crippen LogP contribution in [0.25, 0.3) is 0 Å². The molecule has 0 unspecified atom stereocenters. The molecule has 0 radical (unpaired) electrons. The second-order valence-corrected chi connectivity index (χ2v) is 6.33. The van der Waals surface area contributed by atoms with Gasteiger partial charge >= 0.3 is 6.03 Å². The first-order valence-electron chi connectivity index (χ1n) is 8.12. The maximum Gasteiger partial charge on any atom is 0.324 e. The van der Waals surface area contributed by atoms with Crippen molar-refractivity contribution in [1.29, 1.82) is 0 Å². The third-order valence-electron chi connectivity index (χ3n) is 4.28. The molecule has 122 valence electrons. The lowest BCUT2D eigenvalue weighted by molar-refractivity contribution is -0.0694. The van der Waals surface area contributed by atoms with Gasteiger partial charge < -0.3 is 9.64 Å². The number of hydrogen-bond acceptors (Lipinski definition) is 5. The first-order valence-corrected chi connectivity index (χ1v) is 8.12. The number of carbonyl (C=O) groups is 1. The Labute approximate surface area is 130 Å². The smallest absolute Gasteiger partial charge is 0.324 e. The molecule has 1 aromatic rings. The quantitative estimate of drug-likeness (QED) is 0.917. The van der Waals surface area contributed by atoms with Crippen LogP contribution in [-0.4, -0.2) is 56.4 Å². The van der Waals surface area contributed by atoms with Crippen molar-refractivity contribution in [2.75, 3.05) is 18.4 Å². The summed E-state index contributed by atoms with van der Waals surface area (Å²) >= 11 is 0. The highest BCUT2D eigenvalue weighted by Crippen LogP contribution is 2.26. The third-order valence-corrected chi connectivity index (χ3v) is 4.28. The van der Waals surface area contributed by atoms with Gasteiger partial charge in [0.2, 0.25) is 0 Å². The van der Waals surface area contributed by atoms with Crippen molar-refractivity contribution in [3.8, 4) is 0 Å². The molecule has 0 atom stereocenters. The molecule has 2 aliphatic rings. The molecule has 0 spiro atoms. The number of amides is 2. The van der Waals surface area contributed by atoms with E-state index in [0.717, 1.165) is 12.8 Å². The fourth-order valence-electron chi connectivity index (χ4n) is 2.64. The maximum atomic E-state index is 12.2. The SMILES string of the molecule is CC(C)n1nnc(NC(=O)N2CCC(OC3CCC3)CC2)n1. The van der Waals surface area contributed by atoms with E-state index in [1.165, 1.54) is 24.1 Å². The van der Waals surface area contributed by atoms with Gasteiger partial charge in [0.05, 0.1) is 18.2 Å². The van der Waals surface area contributed by atoms with E-state index in [2.05, 4.69) is 20.7 Å². The minimum Gasteiger partial charge on any atom is -0.375 e. The van der Waals surface area contributed by atoms with Crippen molar-refractivity contribution in [3.05, 3.63) is 0 Å². The molecule has 1 saturated heterocycles. The van der Waals surface area contributed by atoms with Crippen molar-refractivity contribution in [2.45, 2.75) is 64.2 Å². The predicted molar refractivity (Wildman–Crippen MR) is 80.5 cm³/mol. The molecule has 2 heterocycles. The lowest BCUT2D eigenvalue weighted by atomic mass is 9.95. The monoisotopic (exact) mass is 308 g/mol. The maximum absolute atomic E-state index is 12.2. The van der Waals surface area contributed by atoms with E-state index in [1.807, 2.05) is 13.8 Å². The lowest BCUT2D eigenvalue weighted by Crippen LogP contribution is -2.44. The summed E-state index contributed by atoms with van der Waals surface area (Å²) in [4.78, 5) is 15.5. The van der Waals surface area contributed by atoms with Gasteiger partial charge in [0.15, 0.2) is 0 Å². The first-order chi connectivity index (χ1) is 10.6. The lowest BCUT2D eigenvalue weighted by Gasteiger charge is -2.36. The molecule has 1 aromatic heterocycles. The molecular weight excluding hydrogens is 284 g/mol. The number of likely N-dealkylation sites (tertiary alicyclic amines) is 1. The van der Waals surface area contributed by atoms with Gasteiger partial charge in [-0.25, -0.2) is 4.79 Å². The summed E-state index contributed by atoms with van der Waals surface area (Å²) in [5.74, 6) is 0.256. The molecule has 1 aliphatic heterocycles. The molecule has 2 fully saturated rings. The van der Waals surface area contributed by atoms with Gasteiger partial charge in [-0.2, -0.15) is 4.80 Å². The highest BCUT2D eigenvalue weighted by atomic mass is 16.5. The number of anilines is 1. The average Bonchev–Trinajstić information content (AvgIpc) is 2.92. The van der Waals surface area contributed by atoms with Crippen LogP contribution < -0.4 is 5.32 Å². The van der Waals surface area contributed by atoms with E-state index >= 15 is 0 Å². The molecular formula is C14H24N6O2. The Morgan fingerprint density at radius 3 is 2.45 bits per heavy atom. The van der Waals surface area contributed by atoms with Crippen molar-refractivity contribution < 1.29 is 9.53 Å². The molecule has 22 heavy (non-hydrogen) atoms. The van der Waals surface area contributed by atoms with Gasteiger partial charge in [-0.15, -0.1) is 5.10 Å². The Bertz CT molecular complexity index is 505. The fraction of sp³-hybridized carbons (Fsp3) is 0.857. The van der Waals surface area contributed by atoms with Crippen LogP contribution in [0.15, 0.2) is 0 Å². The van der Waals surface area contributed by atoms with Gasteiger partial charge in [-0.05, 0) is 51.2 Å². The Kier molecular flexibility index (Phi) is 4.56. The van der Waals surface area contributed by atoms with Crippen molar-refractivity contribution in [3.63, 3.8) is 0 Å². The van der Waals surface area contributed by atoms with Crippen LogP contribution >= 0.6 is 0 Å². The number of aromatic nitrogens is 4.